The van der Waals surface area contributed by atoms with Crippen molar-refractivity contribution in [2.75, 3.05) is 42.7 Å². The molecule has 53 heavy (non-hydrogen) atoms. The van der Waals surface area contributed by atoms with Crippen molar-refractivity contribution in [3.63, 3.8) is 0 Å². The van der Waals surface area contributed by atoms with E-state index < -0.39 is 24.4 Å². The molecule has 11 heteroatoms. The molecule has 0 bridgehead atoms. The summed E-state index contributed by atoms with van der Waals surface area (Å²) in [4.78, 5) is 0. The molecule has 0 radical (unpaired) electrons. The Morgan fingerprint density at radius 3 is 1.11 bits per heavy atom. The average Bonchev–Trinajstić information content (AvgIpc) is 3.49. The highest BCUT2D eigenvalue weighted by molar-refractivity contribution is 5.48. The number of aliphatic hydroxyl groups is 2. The Morgan fingerprint density at radius 2 is 0.774 bits per heavy atom. The molecule has 1 aliphatic heterocycles. The number of benzene rings is 4. The molecule has 0 unspecified atom stereocenters. The summed E-state index contributed by atoms with van der Waals surface area (Å²) in [6.45, 7) is 7.96. The van der Waals surface area contributed by atoms with E-state index in [1.165, 1.54) is 0 Å². The zero-order chi connectivity index (χ0) is 38.4. The van der Waals surface area contributed by atoms with Gasteiger partial charge >= 0.3 is 0 Å². The third-order valence-corrected chi connectivity index (χ3v) is 10.1. The maximum Gasteiger partial charge on any atom is 0.161 e. The van der Waals surface area contributed by atoms with Crippen molar-refractivity contribution >= 4 is 0 Å². The molecular formula is C42H52O11. The SMILES string of the molecule is COc1ccc([C@@H](O)[C@@H](C)Oc2ccc([C@H]3O[C@@H](c4ccc(O[C@@H](C)[C@@H](O)c5ccc(OC)c(OC)c5)c(OC)c4)[C@H](C)[C@H]3C)cc2OC)cc1OC. The van der Waals surface area contributed by atoms with E-state index in [1.807, 2.05) is 36.4 Å². The average molecular weight is 733 g/mol. The van der Waals surface area contributed by atoms with Gasteiger partial charge in [-0.25, -0.2) is 0 Å². The smallest absolute Gasteiger partial charge is 0.161 e. The van der Waals surface area contributed by atoms with Gasteiger partial charge in [0.15, 0.2) is 46.0 Å². The van der Waals surface area contributed by atoms with Crippen molar-refractivity contribution < 1.29 is 52.8 Å². The van der Waals surface area contributed by atoms with Gasteiger partial charge in [-0.2, -0.15) is 0 Å². The maximum absolute atomic E-state index is 11.1. The van der Waals surface area contributed by atoms with Gasteiger partial charge in [0.25, 0.3) is 0 Å². The van der Waals surface area contributed by atoms with Gasteiger partial charge in [-0.3, -0.25) is 0 Å². The van der Waals surface area contributed by atoms with Crippen LogP contribution in [0.2, 0.25) is 0 Å². The standard InChI is InChI=1S/C42H52O11/c1-23-24(2)42(30-14-18-34(38(22-30)50-10)52-26(4)40(44)28-12-16-32(46-6)36(20-28)48-8)53-41(23)29-13-17-33(37(21-29)49-9)51-25(3)39(43)27-11-15-31(45-5)35(19-27)47-7/h11-26,39-44H,1-10H3/t23-,24-,25-,26+,39+,40-,41+,42-/m1/s1. The van der Waals surface area contributed by atoms with E-state index in [-0.39, 0.29) is 24.0 Å². The molecule has 1 saturated heterocycles. The minimum Gasteiger partial charge on any atom is -0.493 e. The molecule has 0 saturated carbocycles. The highest BCUT2D eigenvalue weighted by Gasteiger charge is 2.41. The number of rotatable bonds is 16. The van der Waals surface area contributed by atoms with Crippen molar-refractivity contribution in [3.05, 3.63) is 95.1 Å². The Morgan fingerprint density at radius 1 is 0.453 bits per heavy atom. The molecule has 4 aromatic carbocycles. The number of hydrogen-bond donors (Lipinski definition) is 2. The maximum atomic E-state index is 11.1. The Balaban J connectivity index is 1.29. The summed E-state index contributed by atoms with van der Waals surface area (Å²) in [6.07, 6.45) is -3.49. The minimum atomic E-state index is -0.932. The second kappa shape index (κ2) is 17.3. The van der Waals surface area contributed by atoms with E-state index in [1.54, 1.807) is 92.9 Å². The van der Waals surface area contributed by atoms with Crippen LogP contribution in [-0.4, -0.2) is 65.1 Å². The Hall–Kier alpha value is -4.84. The Kier molecular flexibility index (Phi) is 12.9. The van der Waals surface area contributed by atoms with E-state index in [9.17, 15) is 10.2 Å². The van der Waals surface area contributed by atoms with E-state index in [0.717, 1.165) is 11.1 Å². The molecule has 0 spiro atoms. The van der Waals surface area contributed by atoms with Crippen LogP contribution in [0.1, 0.15) is 74.4 Å². The van der Waals surface area contributed by atoms with Crippen LogP contribution in [0, 0.1) is 11.8 Å². The lowest BCUT2D eigenvalue weighted by Crippen LogP contribution is -2.22. The van der Waals surface area contributed by atoms with Gasteiger partial charge in [-0.1, -0.05) is 38.1 Å². The molecule has 11 nitrogen and oxygen atoms in total. The molecule has 5 rings (SSSR count). The summed E-state index contributed by atoms with van der Waals surface area (Å²) in [5, 5.41) is 22.2. The van der Waals surface area contributed by atoms with Crippen molar-refractivity contribution in [2.45, 2.75) is 64.3 Å². The fourth-order valence-corrected chi connectivity index (χ4v) is 6.78. The van der Waals surface area contributed by atoms with E-state index in [4.69, 9.17) is 42.6 Å². The lowest BCUT2D eigenvalue weighted by atomic mass is 9.85. The van der Waals surface area contributed by atoms with Gasteiger partial charge < -0.3 is 52.8 Å². The second-order valence-corrected chi connectivity index (χ2v) is 13.3. The molecule has 0 aromatic heterocycles. The first-order valence-corrected chi connectivity index (χ1v) is 17.6. The molecule has 2 N–H and O–H groups in total. The molecule has 1 heterocycles. The minimum absolute atomic E-state index is 0.167. The summed E-state index contributed by atoms with van der Waals surface area (Å²) in [5.74, 6) is 4.62. The quantitative estimate of drug-likeness (QED) is 0.117. The lowest BCUT2D eigenvalue weighted by molar-refractivity contribution is 0.0281. The summed E-state index contributed by atoms with van der Waals surface area (Å²) >= 11 is 0. The summed E-state index contributed by atoms with van der Waals surface area (Å²) in [5.41, 5.74) is 3.18. The first-order chi connectivity index (χ1) is 25.5. The van der Waals surface area contributed by atoms with Crippen molar-refractivity contribution in [2.24, 2.45) is 11.8 Å². The molecule has 4 aromatic rings. The molecule has 0 amide bonds. The largest absolute Gasteiger partial charge is 0.493 e. The Labute approximate surface area is 312 Å². The molecular weight excluding hydrogens is 680 g/mol. The van der Waals surface area contributed by atoms with Crippen LogP contribution in [0.25, 0.3) is 0 Å². The normalized spacial score (nSPS) is 20.5. The zero-order valence-corrected chi connectivity index (χ0v) is 32.1. The zero-order valence-electron chi connectivity index (χ0n) is 32.1. The van der Waals surface area contributed by atoms with Gasteiger partial charge in [0.2, 0.25) is 0 Å². The van der Waals surface area contributed by atoms with Crippen LogP contribution in [0.5, 0.6) is 46.0 Å². The molecule has 8 atom stereocenters. The fraction of sp³-hybridized carbons (Fsp3) is 0.429. The third-order valence-electron chi connectivity index (χ3n) is 10.1. The number of ether oxygens (including phenoxy) is 9. The van der Waals surface area contributed by atoms with Crippen LogP contribution >= 0.6 is 0 Å². The predicted molar refractivity (Wildman–Crippen MR) is 200 cm³/mol. The van der Waals surface area contributed by atoms with Crippen LogP contribution < -0.4 is 37.9 Å². The van der Waals surface area contributed by atoms with Gasteiger partial charge in [0.1, 0.15) is 24.4 Å². The number of aliphatic hydroxyl groups excluding tert-OH is 2. The predicted octanol–water partition coefficient (Wildman–Crippen LogP) is 7.82. The highest BCUT2D eigenvalue weighted by Crippen LogP contribution is 2.51. The molecule has 1 aliphatic rings. The fourth-order valence-electron chi connectivity index (χ4n) is 6.78. The number of hydrogen-bond acceptors (Lipinski definition) is 11. The van der Waals surface area contributed by atoms with Crippen LogP contribution in [0.3, 0.4) is 0 Å². The molecule has 286 valence electrons. The molecule has 0 aliphatic carbocycles. The van der Waals surface area contributed by atoms with Crippen LogP contribution in [0.4, 0.5) is 0 Å². The van der Waals surface area contributed by atoms with Gasteiger partial charge in [-0.15, -0.1) is 0 Å². The van der Waals surface area contributed by atoms with E-state index in [2.05, 4.69) is 13.8 Å². The van der Waals surface area contributed by atoms with Gasteiger partial charge in [-0.05, 0) is 96.5 Å². The summed E-state index contributed by atoms with van der Waals surface area (Å²) in [7, 11) is 9.43. The number of methoxy groups -OCH3 is 6. The summed E-state index contributed by atoms with van der Waals surface area (Å²) in [6, 6.07) is 22.1. The van der Waals surface area contributed by atoms with E-state index >= 15 is 0 Å². The first kappa shape index (κ1) is 39.4. The van der Waals surface area contributed by atoms with Gasteiger partial charge in [0.05, 0.1) is 54.9 Å². The highest BCUT2D eigenvalue weighted by atomic mass is 16.5. The van der Waals surface area contributed by atoms with Gasteiger partial charge in [0, 0.05) is 0 Å². The summed E-state index contributed by atoms with van der Waals surface area (Å²) < 4.78 is 52.2. The third kappa shape index (κ3) is 8.38. The van der Waals surface area contributed by atoms with Crippen LogP contribution in [-0.2, 0) is 4.74 Å². The lowest BCUT2D eigenvalue weighted by Gasteiger charge is -2.24. The second-order valence-electron chi connectivity index (χ2n) is 13.3. The van der Waals surface area contributed by atoms with Crippen molar-refractivity contribution in [1.82, 2.24) is 0 Å². The van der Waals surface area contributed by atoms with Crippen LogP contribution in [0.15, 0.2) is 72.8 Å². The van der Waals surface area contributed by atoms with Crippen molar-refractivity contribution in [3.8, 4) is 46.0 Å². The topological polar surface area (TPSA) is 124 Å². The van der Waals surface area contributed by atoms with E-state index in [0.29, 0.717) is 57.1 Å². The Bertz CT molecular complexity index is 1700. The monoisotopic (exact) mass is 732 g/mol. The first-order valence-electron chi connectivity index (χ1n) is 17.6. The molecule has 1 fully saturated rings. The van der Waals surface area contributed by atoms with Crippen molar-refractivity contribution in [1.29, 1.82) is 0 Å².